The van der Waals surface area contributed by atoms with Crippen molar-refractivity contribution in [3.8, 4) is 0 Å². The van der Waals surface area contributed by atoms with Gasteiger partial charge in [0.05, 0.1) is 13.2 Å². The largest absolute Gasteiger partial charge is 0.378 e. The van der Waals surface area contributed by atoms with Crippen molar-refractivity contribution in [2.75, 3.05) is 36.5 Å². The molecule has 2 N–H and O–H groups in total. The van der Waals surface area contributed by atoms with Gasteiger partial charge in [-0.05, 0) is 37.1 Å². The van der Waals surface area contributed by atoms with Crippen LogP contribution in [0.2, 0.25) is 0 Å². The van der Waals surface area contributed by atoms with Crippen LogP contribution in [0.5, 0.6) is 0 Å². The average molecular weight is 415 g/mol. The number of aryl methyl sites for hydroxylation is 3. The molecule has 1 saturated heterocycles. The molecule has 0 bridgehead atoms. The van der Waals surface area contributed by atoms with Crippen molar-refractivity contribution in [2.45, 2.75) is 19.8 Å². The molecule has 2 aromatic heterocycles. The predicted molar refractivity (Wildman–Crippen MR) is 123 cm³/mol. The number of fused-ring (bicyclic) bond motifs is 1. The zero-order chi connectivity index (χ0) is 21.0. The monoisotopic (exact) mass is 414 g/mol. The zero-order valence-electron chi connectivity index (χ0n) is 17.6. The number of nitrogens with zero attached hydrogens (tertiary/aromatic N) is 4. The molecule has 31 heavy (non-hydrogen) atoms. The highest BCUT2D eigenvalue weighted by molar-refractivity contribution is 5.83. The van der Waals surface area contributed by atoms with Gasteiger partial charge in [0.15, 0.2) is 0 Å². The summed E-state index contributed by atoms with van der Waals surface area (Å²) in [5, 5.41) is 4.60. The van der Waals surface area contributed by atoms with Gasteiger partial charge in [0, 0.05) is 42.3 Å². The Bertz CT molecular complexity index is 1160. The summed E-state index contributed by atoms with van der Waals surface area (Å²) in [6, 6.07) is 16.6. The van der Waals surface area contributed by atoms with Gasteiger partial charge in [-0.2, -0.15) is 15.0 Å². The second-order valence-corrected chi connectivity index (χ2v) is 7.83. The molecule has 0 spiro atoms. The van der Waals surface area contributed by atoms with E-state index in [9.17, 15) is 0 Å². The minimum absolute atomic E-state index is 0.578. The molecule has 1 aliphatic rings. The molecular formula is C24H26N6O. The topological polar surface area (TPSA) is 79.0 Å². The lowest BCUT2D eigenvalue weighted by Gasteiger charge is -2.27. The van der Waals surface area contributed by atoms with Gasteiger partial charge < -0.3 is 19.9 Å². The van der Waals surface area contributed by atoms with Crippen LogP contribution in [0.1, 0.15) is 17.0 Å². The van der Waals surface area contributed by atoms with E-state index in [1.165, 1.54) is 16.5 Å². The van der Waals surface area contributed by atoms with Crippen LogP contribution >= 0.6 is 0 Å². The van der Waals surface area contributed by atoms with Crippen LogP contribution in [0.15, 0.2) is 54.7 Å². The lowest BCUT2D eigenvalue weighted by Crippen LogP contribution is -2.37. The maximum Gasteiger partial charge on any atom is 0.232 e. The smallest absolute Gasteiger partial charge is 0.232 e. The fourth-order valence-electron chi connectivity index (χ4n) is 3.83. The number of rotatable bonds is 6. The third-order valence-corrected chi connectivity index (χ3v) is 5.56. The maximum absolute atomic E-state index is 5.49. The number of hydrogen-bond acceptors (Lipinski definition) is 6. The van der Waals surface area contributed by atoms with Crippen molar-refractivity contribution in [3.63, 3.8) is 0 Å². The lowest BCUT2D eigenvalue weighted by molar-refractivity contribution is 0.122. The van der Waals surface area contributed by atoms with E-state index >= 15 is 0 Å². The first-order chi connectivity index (χ1) is 15.2. The van der Waals surface area contributed by atoms with Crippen molar-refractivity contribution >= 4 is 28.5 Å². The second kappa shape index (κ2) is 8.73. The van der Waals surface area contributed by atoms with E-state index < -0.39 is 0 Å². The third kappa shape index (κ3) is 4.51. The zero-order valence-corrected chi connectivity index (χ0v) is 17.6. The third-order valence-electron chi connectivity index (χ3n) is 5.56. The standard InChI is InChI=1S/C24H26N6O/c1-17-6-9-19(10-7-17)26-23-27-22(28-24(29-23)30-12-14-31-15-13-30)11-8-18-16-25-21-5-3-2-4-20(18)21/h2-7,9-10,16,25H,8,11-15H2,1H3,(H,26,27,28,29). The van der Waals surface area contributed by atoms with Crippen LogP contribution in [-0.2, 0) is 17.6 Å². The lowest BCUT2D eigenvalue weighted by atomic mass is 10.1. The van der Waals surface area contributed by atoms with Crippen LogP contribution in [0.25, 0.3) is 10.9 Å². The van der Waals surface area contributed by atoms with Crippen molar-refractivity contribution in [2.24, 2.45) is 0 Å². The summed E-state index contributed by atoms with van der Waals surface area (Å²) in [5.74, 6) is 2.08. The van der Waals surface area contributed by atoms with Gasteiger partial charge in [0.25, 0.3) is 0 Å². The van der Waals surface area contributed by atoms with Crippen LogP contribution in [-0.4, -0.2) is 46.2 Å². The highest BCUT2D eigenvalue weighted by atomic mass is 16.5. The average Bonchev–Trinajstić information content (AvgIpc) is 3.23. The number of para-hydroxylation sites is 1. The number of aromatic amines is 1. The molecule has 3 heterocycles. The van der Waals surface area contributed by atoms with Crippen molar-refractivity contribution in [3.05, 3.63) is 71.7 Å². The quantitative estimate of drug-likeness (QED) is 0.496. The Morgan fingerprint density at radius 1 is 0.968 bits per heavy atom. The van der Waals surface area contributed by atoms with Crippen molar-refractivity contribution < 1.29 is 4.74 Å². The summed E-state index contributed by atoms with van der Waals surface area (Å²) in [7, 11) is 0. The summed E-state index contributed by atoms with van der Waals surface area (Å²) in [6.45, 7) is 5.03. The molecule has 1 fully saturated rings. The molecule has 158 valence electrons. The molecule has 1 aliphatic heterocycles. The number of anilines is 3. The molecule has 0 saturated carbocycles. The summed E-state index contributed by atoms with van der Waals surface area (Å²) in [6.07, 6.45) is 3.69. The minimum Gasteiger partial charge on any atom is -0.378 e. The molecule has 7 heteroatoms. The number of benzene rings is 2. The van der Waals surface area contributed by atoms with E-state index in [2.05, 4.69) is 58.7 Å². The van der Waals surface area contributed by atoms with Crippen LogP contribution in [0, 0.1) is 6.92 Å². The van der Waals surface area contributed by atoms with E-state index in [1.807, 2.05) is 18.2 Å². The highest BCUT2D eigenvalue weighted by Crippen LogP contribution is 2.21. The second-order valence-electron chi connectivity index (χ2n) is 7.83. The van der Waals surface area contributed by atoms with Crippen LogP contribution in [0.4, 0.5) is 17.6 Å². The number of H-pyrrole nitrogens is 1. The van der Waals surface area contributed by atoms with Gasteiger partial charge in [0.1, 0.15) is 5.82 Å². The predicted octanol–water partition coefficient (Wildman–Crippen LogP) is 4.03. The Kier molecular flexibility index (Phi) is 5.50. The molecule has 4 aromatic rings. The van der Waals surface area contributed by atoms with Gasteiger partial charge in [0.2, 0.25) is 11.9 Å². The molecule has 2 aromatic carbocycles. The van der Waals surface area contributed by atoms with Gasteiger partial charge in [-0.3, -0.25) is 0 Å². The Hall–Kier alpha value is -3.45. The molecule has 0 atom stereocenters. The SMILES string of the molecule is Cc1ccc(Nc2nc(CCc3c[nH]c4ccccc34)nc(N3CCOCC3)n2)cc1. The van der Waals surface area contributed by atoms with Crippen molar-refractivity contribution in [1.29, 1.82) is 0 Å². The summed E-state index contributed by atoms with van der Waals surface area (Å²) < 4.78 is 5.49. The molecule has 0 unspecified atom stereocenters. The molecule has 0 amide bonds. The number of morpholine rings is 1. The van der Waals surface area contributed by atoms with E-state index in [0.29, 0.717) is 25.1 Å². The minimum atomic E-state index is 0.578. The summed E-state index contributed by atoms with van der Waals surface area (Å²) >= 11 is 0. The fourth-order valence-corrected chi connectivity index (χ4v) is 3.83. The van der Waals surface area contributed by atoms with E-state index in [0.717, 1.165) is 43.0 Å². The first kappa shape index (κ1) is 19.5. The van der Waals surface area contributed by atoms with E-state index in [4.69, 9.17) is 19.7 Å². The number of nitrogens with one attached hydrogen (secondary N) is 2. The number of aromatic nitrogens is 4. The van der Waals surface area contributed by atoms with Crippen molar-refractivity contribution in [1.82, 2.24) is 19.9 Å². The van der Waals surface area contributed by atoms with Gasteiger partial charge in [-0.25, -0.2) is 0 Å². The molecule has 0 radical (unpaired) electrons. The maximum atomic E-state index is 5.49. The highest BCUT2D eigenvalue weighted by Gasteiger charge is 2.17. The Morgan fingerprint density at radius 3 is 2.61 bits per heavy atom. The molecule has 7 nitrogen and oxygen atoms in total. The Balaban J connectivity index is 1.41. The first-order valence-corrected chi connectivity index (χ1v) is 10.7. The fraction of sp³-hybridized carbons (Fsp3) is 0.292. The molecule has 0 aliphatic carbocycles. The van der Waals surface area contributed by atoms with Gasteiger partial charge in [-0.15, -0.1) is 0 Å². The summed E-state index contributed by atoms with van der Waals surface area (Å²) in [4.78, 5) is 19.7. The van der Waals surface area contributed by atoms with Crippen LogP contribution in [0.3, 0.4) is 0 Å². The Labute approximate surface area is 181 Å². The van der Waals surface area contributed by atoms with Crippen LogP contribution < -0.4 is 10.2 Å². The van der Waals surface area contributed by atoms with Gasteiger partial charge >= 0.3 is 0 Å². The normalized spacial score (nSPS) is 14.2. The summed E-state index contributed by atoms with van der Waals surface area (Å²) in [5.41, 5.74) is 4.61. The number of ether oxygens (including phenoxy) is 1. The number of hydrogen-bond donors (Lipinski definition) is 2. The first-order valence-electron chi connectivity index (χ1n) is 10.7. The van der Waals surface area contributed by atoms with E-state index in [1.54, 1.807) is 0 Å². The van der Waals surface area contributed by atoms with Gasteiger partial charge in [-0.1, -0.05) is 35.9 Å². The van der Waals surface area contributed by atoms with E-state index in [-0.39, 0.29) is 0 Å². The molecular weight excluding hydrogens is 388 g/mol. The molecule has 5 rings (SSSR count). The Morgan fingerprint density at radius 2 is 1.77 bits per heavy atom.